The molecular formula is C48H53N9O9S3. The Morgan fingerprint density at radius 3 is 1.99 bits per heavy atom. The number of thiazole rings is 1. The van der Waals surface area contributed by atoms with E-state index in [1.807, 2.05) is 18.2 Å². The largest absolute Gasteiger partial charge is 0.497 e. The van der Waals surface area contributed by atoms with Gasteiger partial charge < -0.3 is 29.6 Å². The summed E-state index contributed by atoms with van der Waals surface area (Å²) in [6.45, 7) is 5.42. The van der Waals surface area contributed by atoms with E-state index in [4.69, 9.17) is 34.8 Å². The summed E-state index contributed by atoms with van der Waals surface area (Å²) in [7, 11) is -5.03. The summed E-state index contributed by atoms with van der Waals surface area (Å²) in [5.41, 5.74) is 8.48. The van der Waals surface area contributed by atoms with Crippen molar-refractivity contribution in [1.82, 2.24) is 39.1 Å². The molecule has 1 amide bonds. The summed E-state index contributed by atoms with van der Waals surface area (Å²) >= 11 is 1.43. The van der Waals surface area contributed by atoms with Crippen molar-refractivity contribution < 1.29 is 40.6 Å². The topological polar surface area (TPSA) is 223 Å². The van der Waals surface area contributed by atoms with Crippen molar-refractivity contribution in [2.24, 2.45) is 5.73 Å². The van der Waals surface area contributed by atoms with Gasteiger partial charge in [-0.1, -0.05) is 48.5 Å². The first-order chi connectivity index (χ1) is 33.0. The maximum atomic E-state index is 16.2. The van der Waals surface area contributed by atoms with Crippen LogP contribution >= 0.6 is 11.3 Å². The molecule has 0 radical (unpaired) electrons. The summed E-state index contributed by atoms with van der Waals surface area (Å²) in [5.74, 6) is 1.63. The van der Waals surface area contributed by atoms with Crippen LogP contribution in [0.4, 0.5) is 4.79 Å². The zero-order chi connectivity index (χ0) is 49.1. The first kappa shape index (κ1) is 48.9. The Hall–Kier alpha value is -6.49. The first-order valence-electron chi connectivity index (χ1n) is 21.9. The standard InChI is InChI=1S/C48H53N9O9S3/c1-48(2,3)66-47(58)55-24-23-35(30-55)53-68(59,60)42-22-20-39(34-13-21-41-40(25-34)50-43(26-49)67-41)44(46-51-54-57(52-46)29-33-11-18-38(65-6)19-12-33)45(42)69(61,62)56(27-31-7-14-36(63-4)15-8-31)28-32-9-16-37(64-5)17-10-32/h7-22,25,35,53H,23-24,26-30,49H2,1-6H3/t35-/m1/s1. The van der Waals surface area contributed by atoms with E-state index in [0.717, 1.165) is 10.3 Å². The van der Waals surface area contributed by atoms with Crippen molar-refractivity contribution in [3.63, 3.8) is 0 Å². The van der Waals surface area contributed by atoms with E-state index in [-0.39, 0.29) is 57.1 Å². The molecule has 7 aromatic rings. The van der Waals surface area contributed by atoms with E-state index >= 15 is 16.8 Å². The van der Waals surface area contributed by atoms with Gasteiger partial charge in [-0.15, -0.1) is 21.5 Å². The number of hydrogen-bond acceptors (Lipinski definition) is 15. The van der Waals surface area contributed by atoms with Gasteiger partial charge in [0.1, 0.15) is 37.6 Å². The Morgan fingerprint density at radius 1 is 0.826 bits per heavy atom. The molecule has 362 valence electrons. The number of benzene rings is 5. The fourth-order valence-electron chi connectivity index (χ4n) is 7.88. The summed E-state index contributed by atoms with van der Waals surface area (Å²) in [6.07, 6.45) is -0.349. The summed E-state index contributed by atoms with van der Waals surface area (Å²) < 4.78 is 89.1. The molecule has 3 N–H and O–H groups in total. The normalized spacial score (nSPS) is 14.4. The second-order valence-corrected chi connectivity index (χ2v) is 22.0. The van der Waals surface area contributed by atoms with Gasteiger partial charge >= 0.3 is 6.09 Å². The molecule has 1 saturated heterocycles. The molecule has 1 atom stereocenters. The second kappa shape index (κ2) is 20.2. The third-order valence-electron chi connectivity index (χ3n) is 11.3. The highest BCUT2D eigenvalue weighted by Crippen LogP contribution is 2.42. The van der Waals surface area contributed by atoms with Gasteiger partial charge in [-0.25, -0.2) is 31.3 Å². The van der Waals surface area contributed by atoms with Crippen molar-refractivity contribution >= 4 is 47.7 Å². The van der Waals surface area contributed by atoms with Crippen LogP contribution in [0.5, 0.6) is 17.2 Å². The van der Waals surface area contributed by atoms with E-state index in [9.17, 15) is 4.79 Å². The molecule has 69 heavy (non-hydrogen) atoms. The molecule has 0 saturated carbocycles. The third kappa shape index (κ3) is 11.2. The minimum Gasteiger partial charge on any atom is -0.497 e. The van der Waals surface area contributed by atoms with Gasteiger partial charge in [0.25, 0.3) is 0 Å². The van der Waals surface area contributed by atoms with Crippen LogP contribution < -0.4 is 24.7 Å². The Balaban J connectivity index is 1.34. The molecular weight excluding hydrogens is 943 g/mol. The van der Waals surface area contributed by atoms with Gasteiger partial charge in [0.15, 0.2) is 0 Å². The van der Waals surface area contributed by atoms with E-state index in [1.54, 1.807) is 107 Å². The predicted molar refractivity (Wildman–Crippen MR) is 261 cm³/mol. The molecule has 8 rings (SSSR count). The van der Waals surface area contributed by atoms with Gasteiger partial charge in [0, 0.05) is 38.8 Å². The lowest BCUT2D eigenvalue weighted by atomic mass is 9.99. The highest BCUT2D eigenvalue weighted by atomic mass is 32.2. The minimum atomic E-state index is -4.92. The van der Waals surface area contributed by atoms with Crippen LogP contribution in [0.25, 0.3) is 32.7 Å². The first-order valence-corrected chi connectivity index (χ1v) is 25.6. The number of carbonyl (C=O) groups excluding carboxylic acids is 1. The van der Waals surface area contributed by atoms with Crippen molar-refractivity contribution in [2.45, 2.75) is 74.8 Å². The lowest BCUT2D eigenvalue weighted by Crippen LogP contribution is -2.41. The number of nitrogens with zero attached hydrogens (tertiary/aromatic N) is 7. The molecule has 3 heterocycles. The third-order valence-corrected chi connectivity index (χ3v) is 15.9. The highest BCUT2D eigenvalue weighted by Gasteiger charge is 2.40. The van der Waals surface area contributed by atoms with Crippen molar-refractivity contribution in [3.05, 3.63) is 125 Å². The van der Waals surface area contributed by atoms with E-state index in [2.05, 4.69) is 15.0 Å². The average Bonchev–Trinajstić information content (AvgIpc) is 4.11. The molecule has 18 nitrogen and oxygen atoms in total. The monoisotopic (exact) mass is 995 g/mol. The van der Waals surface area contributed by atoms with Crippen LogP contribution in [0.1, 0.15) is 48.9 Å². The van der Waals surface area contributed by atoms with Crippen LogP contribution in [0.2, 0.25) is 0 Å². The van der Waals surface area contributed by atoms with Crippen molar-refractivity contribution in [1.29, 1.82) is 0 Å². The molecule has 1 aliphatic heterocycles. The molecule has 5 aromatic carbocycles. The summed E-state index contributed by atoms with van der Waals surface area (Å²) in [6, 6.07) is 28.6. The van der Waals surface area contributed by atoms with Gasteiger partial charge in [0.05, 0.1) is 43.7 Å². The Bertz CT molecular complexity index is 3130. The van der Waals surface area contributed by atoms with Gasteiger partial charge in [-0.3, -0.25) is 0 Å². The number of tetrazole rings is 1. The quantitative estimate of drug-likeness (QED) is 0.0955. The number of nitrogens with one attached hydrogen (secondary N) is 1. The number of amides is 1. The summed E-state index contributed by atoms with van der Waals surface area (Å²) in [5, 5.41) is 14.3. The van der Waals surface area contributed by atoms with Crippen LogP contribution in [-0.4, -0.2) is 103 Å². The Kier molecular flexibility index (Phi) is 14.4. The molecule has 2 aromatic heterocycles. The molecule has 1 aliphatic rings. The smallest absolute Gasteiger partial charge is 0.410 e. The lowest BCUT2D eigenvalue weighted by molar-refractivity contribution is 0.0291. The van der Waals surface area contributed by atoms with E-state index in [0.29, 0.717) is 50.0 Å². The SMILES string of the molecule is COc1ccc(CN(Cc2ccc(OC)cc2)S(=O)(=O)c2c(S(=O)(=O)N[C@@H]3CCN(C(=O)OC(C)(C)C)C3)ccc(-c3ccc4sc(CN)nc4c3)c2-c2nnn(Cc3ccc(OC)cc3)n2)cc1. The molecule has 0 spiro atoms. The van der Waals surface area contributed by atoms with Crippen molar-refractivity contribution in [2.75, 3.05) is 34.4 Å². The lowest BCUT2D eigenvalue weighted by Gasteiger charge is -2.27. The van der Waals surface area contributed by atoms with Gasteiger partial charge in [-0.2, -0.15) is 9.10 Å². The fraction of sp³-hybridized carbons (Fsp3) is 0.312. The van der Waals surface area contributed by atoms with Crippen LogP contribution in [0.3, 0.4) is 0 Å². The van der Waals surface area contributed by atoms with Crippen LogP contribution in [0, 0.1) is 0 Å². The second-order valence-electron chi connectivity index (χ2n) is 17.3. The maximum Gasteiger partial charge on any atom is 0.410 e. The van der Waals surface area contributed by atoms with Crippen LogP contribution in [0.15, 0.2) is 113 Å². The molecule has 0 aliphatic carbocycles. The highest BCUT2D eigenvalue weighted by molar-refractivity contribution is 7.92. The zero-order valence-corrected chi connectivity index (χ0v) is 41.4. The number of hydrogen-bond donors (Lipinski definition) is 2. The van der Waals surface area contributed by atoms with Gasteiger partial charge in [-0.05, 0) is 115 Å². The van der Waals surface area contributed by atoms with Crippen molar-refractivity contribution in [3.8, 4) is 39.8 Å². The number of ether oxygens (including phenoxy) is 4. The maximum absolute atomic E-state index is 16.2. The molecule has 21 heteroatoms. The summed E-state index contributed by atoms with van der Waals surface area (Å²) in [4.78, 5) is 19.4. The number of nitrogens with two attached hydrogens (primary N) is 1. The number of fused-ring (bicyclic) bond motifs is 1. The van der Waals surface area contributed by atoms with E-state index in [1.165, 1.54) is 45.6 Å². The molecule has 1 fully saturated rings. The zero-order valence-electron chi connectivity index (χ0n) is 38.9. The number of sulfonamides is 2. The fourth-order valence-corrected chi connectivity index (χ4v) is 12.4. The number of rotatable bonds is 17. The molecule has 0 bridgehead atoms. The average molecular weight is 996 g/mol. The number of carbonyl (C=O) groups is 1. The number of likely N-dealkylation sites (tertiary alicyclic amines) is 1. The van der Waals surface area contributed by atoms with Crippen LogP contribution in [-0.2, 0) is 51.0 Å². The Labute approximate surface area is 405 Å². The predicted octanol–water partition coefficient (Wildman–Crippen LogP) is 6.83. The van der Waals surface area contributed by atoms with E-state index < -0.39 is 47.6 Å². The minimum absolute atomic E-state index is 0.0120. The van der Waals surface area contributed by atoms with Gasteiger partial charge in [0.2, 0.25) is 25.9 Å². The number of methoxy groups -OCH3 is 3. The molecule has 0 unspecified atom stereocenters. The Morgan fingerprint density at radius 2 is 1.42 bits per heavy atom. The number of aromatic nitrogens is 5.